The lowest BCUT2D eigenvalue weighted by molar-refractivity contribution is -0.136. The van der Waals surface area contributed by atoms with Crippen molar-refractivity contribution in [3.05, 3.63) is 81.2 Å². The van der Waals surface area contributed by atoms with Crippen LogP contribution in [-0.4, -0.2) is 54.0 Å². The van der Waals surface area contributed by atoms with Crippen molar-refractivity contribution in [1.29, 1.82) is 0 Å². The first-order valence-corrected chi connectivity index (χ1v) is 14.8. The first-order valence-electron chi connectivity index (χ1n) is 14.8. The SMILES string of the molecule is Cc1cc2c(c(-c3cc(F)c4c(c3C)CCCO4)c1CC(=O)O)CCN2C(=O)c1cccc(C(=O)N2CCCCC2)c1. The molecule has 0 aromatic heterocycles. The van der Waals surface area contributed by atoms with Gasteiger partial charge in [-0.25, -0.2) is 4.39 Å². The van der Waals surface area contributed by atoms with Crippen molar-refractivity contribution < 1.29 is 28.6 Å². The Morgan fingerprint density at radius 3 is 2.38 bits per heavy atom. The summed E-state index contributed by atoms with van der Waals surface area (Å²) in [5, 5.41) is 9.79. The molecular weight excluding hydrogens is 535 g/mol. The average molecular weight is 571 g/mol. The number of carboxylic acid groups (broad SMARTS) is 1. The summed E-state index contributed by atoms with van der Waals surface area (Å²) in [6.07, 6.45) is 4.86. The number of fused-ring (bicyclic) bond motifs is 2. The zero-order valence-electron chi connectivity index (χ0n) is 24.1. The molecule has 0 radical (unpaired) electrons. The molecule has 3 aliphatic rings. The number of carbonyl (C=O) groups excluding carboxylic acids is 2. The molecule has 2 amide bonds. The molecule has 0 aliphatic carbocycles. The standard InChI is InChI=1S/C34H35FN2O5/c1-20-16-29-25(31(26(20)19-30(38)39)27-18-28(35)32-24(21(27)2)10-7-15-42-32)11-14-37(29)34(41)23-9-6-8-22(17-23)33(40)36-12-4-3-5-13-36/h6,8-9,16-18H,3-5,7,10-15,19H2,1-2H3,(H,38,39). The van der Waals surface area contributed by atoms with Crippen LogP contribution in [0.1, 0.15) is 74.2 Å². The number of aliphatic carboxylic acids is 1. The average Bonchev–Trinajstić information content (AvgIpc) is 3.42. The molecule has 0 saturated carbocycles. The van der Waals surface area contributed by atoms with Gasteiger partial charge in [0, 0.05) is 42.0 Å². The molecule has 1 fully saturated rings. The van der Waals surface area contributed by atoms with E-state index in [2.05, 4.69) is 0 Å². The van der Waals surface area contributed by atoms with Gasteiger partial charge >= 0.3 is 5.97 Å². The smallest absolute Gasteiger partial charge is 0.307 e. The van der Waals surface area contributed by atoms with E-state index < -0.39 is 11.8 Å². The molecule has 0 unspecified atom stereocenters. The molecule has 3 aromatic carbocycles. The second kappa shape index (κ2) is 11.2. The highest BCUT2D eigenvalue weighted by molar-refractivity contribution is 6.09. The normalized spacial score (nSPS) is 16.1. The summed E-state index contributed by atoms with van der Waals surface area (Å²) in [5.74, 6) is -1.43. The number of hydrogen-bond acceptors (Lipinski definition) is 4. The van der Waals surface area contributed by atoms with Gasteiger partial charge in [-0.3, -0.25) is 14.4 Å². The summed E-state index contributed by atoms with van der Waals surface area (Å²) >= 11 is 0. The summed E-state index contributed by atoms with van der Waals surface area (Å²) in [6, 6.07) is 10.2. The Hall–Kier alpha value is -4.20. The van der Waals surface area contributed by atoms with E-state index in [-0.39, 0.29) is 24.0 Å². The van der Waals surface area contributed by atoms with Crippen LogP contribution >= 0.6 is 0 Å². The fourth-order valence-electron chi connectivity index (χ4n) is 6.78. The van der Waals surface area contributed by atoms with Crippen LogP contribution in [0.4, 0.5) is 10.1 Å². The number of piperidine rings is 1. The lowest BCUT2D eigenvalue weighted by atomic mass is 9.84. The summed E-state index contributed by atoms with van der Waals surface area (Å²) in [6.45, 7) is 6.10. The zero-order chi connectivity index (χ0) is 29.5. The van der Waals surface area contributed by atoms with Crippen molar-refractivity contribution in [1.82, 2.24) is 4.90 Å². The number of hydrogen-bond donors (Lipinski definition) is 1. The van der Waals surface area contributed by atoms with Crippen LogP contribution in [0.2, 0.25) is 0 Å². The van der Waals surface area contributed by atoms with Gasteiger partial charge in [0.25, 0.3) is 11.8 Å². The van der Waals surface area contributed by atoms with E-state index in [0.717, 1.165) is 61.0 Å². The molecule has 6 rings (SSSR count). The Labute approximate surface area is 244 Å². The van der Waals surface area contributed by atoms with Crippen LogP contribution in [0.15, 0.2) is 36.4 Å². The van der Waals surface area contributed by atoms with Crippen LogP contribution in [0, 0.1) is 19.7 Å². The van der Waals surface area contributed by atoms with Crippen molar-refractivity contribution in [2.45, 2.75) is 58.8 Å². The van der Waals surface area contributed by atoms with E-state index in [9.17, 15) is 19.5 Å². The van der Waals surface area contributed by atoms with Gasteiger partial charge < -0.3 is 19.6 Å². The first-order chi connectivity index (χ1) is 20.2. The molecule has 0 bridgehead atoms. The number of nitrogens with zero attached hydrogens (tertiary/aromatic N) is 2. The number of amides is 2. The fraction of sp³-hybridized carbons (Fsp3) is 0.382. The van der Waals surface area contributed by atoms with Crippen molar-refractivity contribution >= 4 is 23.5 Å². The summed E-state index contributed by atoms with van der Waals surface area (Å²) < 4.78 is 21.0. The Morgan fingerprint density at radius 1 is 0.905 bits per heavy atom. The van der Waals surface area contributed by atoms with Gasteiger partial charge in [-0.15, -0.1) is 0 Å². The third-order valence-electron chi connectivity index (χ3n) is 8.90. The minimum absolute atomic E-state index is 0.0588. The number of aryl methyl sites for hydroxylation is 1. The quantitative estimate of drug-likeness (QED) is 0.413. The second-order valence-corrected chi connectivity index (χ2v) is 11.5. The molecule has 1 N–H and O–H groups in total. The highest BCUT2D eigenvalue weighted by atomic mass is 19.1. The molecule has 7 nitrogen and oxygen atoms in total. The largest absolute Gasteiger partial charge is 0.490 e. The molecule has 1 saturated heterocycles. The van der Waals surface area contributed by atoms with Gasteiger partial charge in [0.05, 0.1) is 13.0 Å². The van der Waals surface area contributed by atoms with Crippen LogP contribution in [0.5, 0.6) is 5.75 Å². The van der Waals surface area contributed by atoms with Gasteiger partial charge in [0.1, 0.15) is 0 Å². The van der Waals surface area contributed by atoms with E-state index in [1.165, 1.54) is 6.07 Å². The van der Waals surface area contributed by atoms with Gasteiger partial charge in [-0.1, -0.05) is 6.07 Å². The molecule has 8 heteroatoms. The van der Waals surface area contributed by atoms with Gasteiger partial charge in [0.15, 0.2) is 11.6 Å². The fourth-order valence-corrected chi connectivity index (χ4v) is 6.78. The second-order valence-electron chi connectivity index (χ2n) is 11.5. The zero-order valence-corrected chi connectivity index (χ0v) is 24.1. The Balaban J connectivity index is 1.42. The minimum atomic E-state index is -0.972. The molecule has 42 heavy (non-hydrogen) atoms. The predicted molar refractivity (Wildman–Crippen MR) is 158 cm³/mol. The molecule has 3 heterocycles. The van der Waals surface area contributed by atoms with Crippen molar-refractivity contribution in [3.8, 4) is 16.9 Å². The maximum Gasteiger partial charge on any atom is 0.307 e. The molecule has 0 atom stereocenters. The number of ether oxygens (including phenoxy) is 1. The van der Waals surface area contributed by atoms with Gasteiger partial charge in [-0.05, 0) is 116 Å². The summed E-state index contributed by atoms with van der Waals surface area (Å²) in [5.41, 5.74) is 6.85. The van der Waals surface area contributed by atoms with Crippen LogP contribution in [-0.2, 0) is 24.1 Å². The molecule has 0 spiro atoms. The van der Waals surface area contributed by atoms with Gasteiger partial charge in [-0.2, -0.15) is 0 Å². The van der Waals surface area contributed by atoms with Crippen molar-refractivity contribution in [2.24, 2.45) is 0 Å². The van der Waals surface area contributed by atoms with Crippen LogP contribution < -0.4 is 9.64 Å². The number of carboxylic acids is 1. The number of anilines is 1. The minimum Gasteiger partial charge on any atom is -0.490 e. The highest BCUT2D eigenvalue weighted by Gasteiger charge is 2.33. The van der Waals surface area contributed by atoms with Crippen LogP contribution in [0.25, 0.3) is 11.1 Å². The first kappa shape index (κ1) is 27.9. The van der Waals surface area contributed by atoms with E-state index >= 15 is 4.39 Å². The predicted octanol–water partition coefficient (Wildman–Crippen LogP) is 5.89. The number of likely N-dealkylation sites (tertiary alicyclic amines) is 1. The number of halogens is 1. The lowest BCUT2D eigenvalue weighted by Gasteiger charge is -2.27. The van der Waals surface area contributed by atoms with E-state index in [4.69, 9.17) is 4.74 Å². The molecule has 218 valence electrons. The Kier molecular flexibility index (Phi) is 7.47. The van der Waals surface area contributed by atoms with Gasteiger partial charge in [0.2, 0.25) is 0 Å². The highest BCUT2D eigenvalue weighted by Crippen LogP contribution is 2.45. The summed E-state index contributed by atoms with van der Waals surface area (Å²) in [4.78, 5) is 42.6. The van der Waals surface area contributed by atoms with E-state index in [1.54, 1.807) is 29.2 Å². The third kappa shape index (κ3) is 4.93. The molecule has 3 aliphatic heterocycles. The number of rotatable bonds is 5. The lowest BCUT2D eigenvalue weighted by Crippen LogP contribution is -2.36. The summed E-state index contributed by atoms with van der Waals surface area (Å²) in [7, 11) is 0. The third-order valence-corrected chi connectivity index (χ3v) is 8.90. The Morgan fingerprint density at radius 2 is 1.64 bits per heavy atom. The monoisotopic (exact) mass is 570 g/mol. The maximum atomic E-state index is 15.4. The van der Waals surface area contributed by atoms with Crippen LogP contribution in [0.3, 0.4) is 0 Å². The topological polar surface area (TPSA) is 87.1 Å². The van der Waals surface area contributed by atoms with E-state index in [1.807, 2.05) is 24.8 Å². The molecular formula is C34H35FN2O5. The van der Waals surface area contributed by atoms with Crippen molar-refractivity contribution in [2.75, 3.05) is 31.1 Å². The maximum absolute atomic E-state index is 15.4. The van der Waals surface area contributed by atoms with E-state index in [0.29, 0.717) is 59.5 Å². The molecule has 3 aromatic rings. The number of carbonyl (C=O) groups is 3. The Bertz CT molecular complexity index is 1610. The van der Waals surface area contributed by atoms with Crippen molar-refractivity contribution in [3.63, 3.8) is 0 Å². The number of benzene rings is 3.